The van der Waals surface area contributed by atoms with Crippen molar-refractivity contribution in [3.63, 3.8) is 0 Å². The van der Waals surface area contributed by atoms with Gasteiger partial charge in [-0.05, 0) is 5.56 Å². The van der Waals surface area contributed by atoms with Gasteiger partial charge in [-0.2, -0.15) is 0 Å². The summed E-state index contributed by atoms with van der Waals surface area (Å²) in [5.74, 6) is 0.0781. The average molecular weight is 284 g/mol. The summed E-state index contributed by atoms with van der Waals surface area (Å²) in [6.45, 7) is 4.33. The summed E-state index contributed by atoms with van der Waals surface area (Å²) in [6.07, 6.45) is 3.30. The summed E-state index contributed by atoms with van der Waals surface area (Å²) in [5, 5.41) is 0. The SMILES string of the molecule is Cn1cncc1C(=O)N1CCN(Cc2ccccc2)CC1. The van der Waals surface area contributed by atoms with Crippen molar-refractivity contribution < 1.29 is 4.79 Å². The molecule has 110 valence electrons. The number of aromatic nitrogens is 2. The van der Waals surface area contributed by atoms with Gasteiger partial charge in [0.05, 0.1) is 12.5 Å². The molecule has 0 unspecified atom stereocenters. The number of imidazole rings is 1. The maximum absolute atomic E-state index is 12.4. The van der Waals surface area contributed by atoms with E-state index in [1.54, 1.807) is 17.1 Å². The monoisotopic (exact) mass is 284 g/mol. The van der Waals surface area contributed by atoms with Gasteiger partial charge < -0.3 is 9.47 Å². The van der Waals surface area contributed by atoms with Crippen LogP contribution in [-0.4, -0.2) is 51.4 Å². The fourth-order valence-electron chi connectivity index (χ4n) is 2.68. The first-order chi connectivity index (χ1) is 10.2. The molecule has 1 fully saturated rings. The van der Waals surface area contributed by atoms with Crippen molar-refractivity contribution in [3.8, 4) is 0 Å². The van der Waals surface area contributed by atoms with Gasteiger partial charge in [0.25, 0.3) is 5.91 Å². The fourth-order valence-corrected chi connectivity index (χ4v) is 2.68. The van der Waals surface area contributed by atoms with E-state index in [1.807, 2.05) is 18.0 Å². The van der Waals surface area contributed by atoms with Gasteiger partial charge in [0.1, 0.15) is 5.69 Å². The van der Waals surface area contributed by atoms with E-state index >= 15 is 0 Å². The minimum absolute atomic E-state index is 0.0781. The van der Waals surface area contributed by atoms with Crippen LogP contribution in [0.2, 0.25) is 0 Å². The molecule has 0 bridgehead atoms. The maximum atomic E-state index is 12.4. The molecule has 2 heterocycles. The summed E-state index contributed by atoms with van der Waals surface area (Å²) in [5.41, 5.74) is 1.98. The van der Waals surface area contributed by atoms with Gasteiger partial charge in [-0.1, -0.05) is 30.3 Å². The van der Waals surface area contributed by atoms with Gasteiger partial charge in [-0.15, -0.1) is 0 Å². The van der Waals surface area contributed by atoms with E-state index in [0.29, 0.717) is 5.69 Å². The maximum Gasteiger partial charge on any atom is 0.272 e. The second-order valence-corrected chi connectivity index (χ2v) is 5.44. The Hall–Kier alpha value is -2.14. The zero-order chi connectivity index (χ0) is 14.7. The third-order valence-electron chi connectivity index (χ3n) is 3.94. The standard InChI is InChI=1S/C16H20N4O/c1-18-13-17-11-15(18)16(21)20-9-7-19(8-10-20)12-14-5-3-2-4-6-14/h2-6,11,13H,7-10,12H2,1H3. The second kappa shape index (κ2) is 6.10. The van der Waals surface area contributed by atoms with Crippen LogP contribution in [0.3, 0.4) is 0 Å². The van der Waals surface area contributed by atoms with Gasteiger partial charge in [0.15, 0.2) is 0 Å². The molecule has 1 aromatic carbocycles. The summed E-state index contributed by atoms with van der Waals surface area (Å²) in [4.78, 5) is 20.7. The van der Waals surface area contributed by atoms with Crippen LogP contribution in [0.4, 0.5) is 0 Å². The highest BCUT2D eigenvalue weighted by molar-refractivity contribution is 5.92. The molecule has 0 aliphatic carbocycles. The molecule has 0 atom stereocenters. The van der Waals surface area contributed by atoms with Gasteiger partial charge in [-0.25, -0.2) is 4.98 Å². The lowest BCUT2D eigenvalue weighted by molar-refractivity contribution is 0.0619. The van der Waals surface area contributed by atoms with Crippen LogP contribution in [0.5, 0.6) is 0 Å². The van der Waals surface area contributed by atoms with Gasteiger partial charge in [0.2, 0.25) is 0 Å². The summed E-state index contributed by atoms with van der Waals surface area (Å²) in [7, 11) is 1.85. The van der Waals surface area contributed by atoms with Gasteiger partial charge in [-0.3, -0.25) is 9.69 Å². The van der Waals surface area contributed by atoms with Crippen LogP contribution in [0, 0.1) is 0 Å². The third kappa shape index (κ3) is 3.13. The Kier molecular flexibility index (Phi) is 4.01. The number of hydrogen-bond donors (Lipinski definition) is 0. The van der Waals surface area contributed by atoms with Crippen LogP contribution in [0.1, 0.15) is 16.1 Å². The number of hydrogen-bond acceptors (Lipinski definition) is 3. The number of piperazine rings is 1. The molecule has 0 saturated carbocycles. The molecule has 1 amide bonds. The Morgan fingerprint density at radius 2 is 1.86 bits per heavy atom. The molecule has 5 heteroatoms. The smallest absolute Gasteiger partial charge is 0.272 e. The van der Waals surface area contributed by atoms with E-state index in [1.165, 1.54) is 5.56 Å². The van der Waals surface area contributed by atoms with Crippen molar-refractivity contribution in [1.82, 2.24) is 19.4 Å². The van der Waals surface area contributed by atoms with Crippen molar-refractivity contribution in [2.24, 2.45) is 7.05 Å². The average Bonchev–Trinajstić information content (AvgIpc) is 2.94. The third-order valence-corrected chi connectivity index (χ3v) is 3.94. The van der Waals surface area contributed by atoms with Crippen molar-refractivity contribution in [2.45, 2.75) is 6.54 Å². The van der Waals surface area contributed by atoms with E-state index < -0.39 is 0 Å². The Balaban J connectivity index is 1.56. The molecule has 5 nitrogen and oxygen atoms in total. The lowest BCUT2D eigenvalue weighted by Crippen LogP contribution is -2.48. The lowest BCUT2D eigenvalue weighted by atomic mass is 10.2. The predicted molar refractivity (Wildman–Crippen MR) is 80.8 cm³/mol. The highest BCUT2D eigenvalue weighted by atomic mass is 16.2. The van der Waals surface area contributed by atoms with E-state index in [0.717, 1.165) is 32.7 Å². The molecule has 1 aromatic heterocycles. The van der Waals surface area contributed by atoms with E-state index in [-0.39, 0.29) is 5.91 Å². The Morgan fingerprint density at radius 1 is 1.14 bits per heavy atom. The van der Waals surface area contributed by atoms with Crippen LogP contribution >= 0.6 is 0 Å². The second-order valence-electron chi connectivity index (χ2n) is 5.44. The lowest BCUT2D eigenvalue weighted by Gasteiger charge is -2.34. The molecule has 21 heavy (non-hydrogen) atoms. The van der Waals surface area contributed by atoms with Crippen LogP contribution in [-0.2, 0) is 13.6 Å². The number of carbonyl (C=O) groups is 1. The first kappa shape index (κ1) is 13.8. The number of carbonyl (C=O) groups excluding carboxylic acids is 1. The highest BCUT2D eigenvalue weighted by Gasteiger charge is 2.23. The molecule has 1 aliphatic rings. The topological polar surface area (TPSA) is 41.4 Å². The molecule has 2 aromatic rings. The highest BCUT2D eigenvalue weighted by Crippen LogP contribution is 2.11. The molecule has 1 aliphatic heterocycles. The molecular formula is C16H20N4O. The Morgan fingerprint density at radius 3 is 2.48 bits per heavy atom. The van der Waals surface area contributed by atoms with E-state index in [4.69, 9.17) is 0 Å². The molecule has 0 N–H and O–H groups in total. The van der Waals surface area contributed by atoms with Crippen molar-refractivity contribution in [3.05, 3.63) is 54.1 Å². The van der Waals surface area contributed by atoms with Crippen LogP contribution in [0.25, 0.3) is 0 Å². The predicted octanol–water partition coefficient (Wildman–Crippen LogP) is 1.38. The van der Waals surface area contributed by atoms with Gasteiger partial charge >= 0.3 is 0 Å². The van der Waals surface area contributed by atoms with Gasteiger partial charge in [0, 0.05) is 39.8 Å². The number of nitrogens with zero attached hydrogens (tertiary/aromatic N) is 4. The zero-order valence-electron chi connectivity index (χ0n) is 12.3. The largest absolute Gasteiger partial charge is 0.335 e. The number of benzene rings is 1. The Labute approximate surface area is 124 Å². The first-order valence-electron chi connectivity index (χ1n) is 7.26. The van der Waals surface area contributed by atoms with Crippen molar-refractivity contribution in [1.29, 1.82) is 0 Å². The van der Waals surface area contributed by atoms with Crippen molar-refractivity contribution in [2.75, 3.05) is 26.2 Å². The number of aryl methyl sites for hydroxylation is 1. The summed E-state index contributed by atoms with van der Waals surface area (Å²) >= 11 is 0. The minimum atomic E-state index is 0.0781. The zero-order valence-corrected chi connectivity index (χ0v) is 12.3. The van der Waals surface area contributed by atoms with Crippen molar-refractivity contribution >= 4 is 5.91 Å². The summed E-state index contributed by atoms with van der Waals surface area (Å²) in [6, 6.07) is 10.5. The van der Waals surface area contributed by atoms with E-state index in [9.17, 15) is 4.79 Å². The van der Waals surface area contributed by atoms with Crippen LogP contribution in [0.15, 0.2) is 42.9 Å². The first-order valence-corrected chi connectivity index (χ1v) is 7.26. The molecule has 0 spiro atoms. The number of amides is 1. The quantitative estimate of drug-likeness (QED) is 0.855. The molecular weight excluding hydrogens is 264 g/mol. The minimum Gasteiger partial charge on any atom is -0.335 e. The fraction of sp³-hybridized carbons (Fsp3) is 0.375. The number of rotatable bonds is 3. The summed E-state index contributed by atoms with van der Waals surface area (Å²) < 4.78 is 1.78. The molecule has 3 rings (SSSR count). The molecule has 0 radical (unpaired) electrons. The van der Waals surface area contributed by atoms with E-state index in [2.05, 4.69) is 34.1 Å². The molecule has 1 saturated heterocycles. The van der Waals surface area contributed by atoms with Crippen LogP contribution < -0.4 is 0 Å². The normalized spacial score (nSPS) is 16.1. The Bertz CT molecular complexity index is 600.